The molecule has 26 heavy (non-hydrogen) atoms. The van der Waals surface area contributed by atoms with Crippen LogP contribution in [-0.4, -0.2) is 38.2 Å². The molecule has 2 aromatic rings. The van der Waals surface area contributed by atoms with Crippen molar-refractivity contribution in [3.05, 3.63) is 30.3 Å². The molecule has 2 saturated carbocycles. The first kappa shape index (κ1) is 17.1. The van der Waals surface area contributed by atoms with E-state index in [-0.39, 0.29) is 18.0 Å². The number of carbonyl (C=O) groups is 1. The zero-order chi connectivity index (χ0) is 18.1. The monoisotopic (exact) mass is 354 g/mol. The van der Waals surface area contributed by atoms with Gasteiger partial charge in [0.05, 0.1) is 0 Å². The van der Waals surface area contributed by atoms with Crippen LogP contribution in [0.4, 0.5) is 0 Å². The highest BCUT2D eigenvalue weighted by Crippen LogP contribution is 2.39. The number of carbonyl (C=O) groups excluding carboxylic acids is 1. The van der Waals surface area contributed by atoms with Crippen molar-refractivity contribution >= 4 is 5.91 Å². The molecule has 7 heteroatoms. The van der Waals surface area contributed by atoms with E-state index in [0.29, 0.717) is 17.7 Å². The van der Waals surface area contributed by atoms with E-state index in [1.54, 1.807) is 0 Å². The Hall–Kier alpha value is -2.28. The number of hydrogen-bond donors (Lipinski definition) is 2. The van der Waals surface area contributed by atoms with Crippen molar-refractivity contribution in [2.24, 2.45) is 17.6 Å². The maximum atomic E-state index is 12.8. The van der Waals surface area contributed by atoms with E-state index in [1.807, 2.05) is 37.3 Å². The highest BCUT2D eigenvalue weighted by Gasteiger charge is 2.40. The van der Waals surface area contributed by atoms with Gasteiger partial charge in [-0.1, -0.05) is 36.8 Å². The van der Waals surface area contributed by atoms with Crippen LogP contribution in [-0.2, 0) is 4.79 Å². The van der Waals surface area contributed by atoms with Gasteiger partial charge in [-0.05, 0) is 49.7 Å². The zero-order valence-electron chi connectivity index (χ0n) is 15.1. The summed E-state index contributed by atoms with van der Waals surface area (Å²) in [6, 6.07) is 9.68. The van der Waals surface area contributed by atoms with Crippen LogP contribution in [0, 0.1) is 11.8 Å². The number of rotatable bonds is 4. The van der Waals surface area contributed by atoms with E-state index in [2.05, 4.69) is 20.7 Å². The normalized spacial score (nSPS) is 29.2. The fourth-order valence-corrected chi connectivity index (χ4v) is 4.51. The quantitative estimate of drug-likeness (QED) is 0.874. The smallest absolute Gasteiger partial charge is 0.246 e. The first-order valence-corrected chi connectivity index (χ1v) is 9.52. The van der Waals surface area contributed by atoms with Crippen molar-refractivity contribution in [2.45, 2.75) is 57.2 Å². The second-order valence-corrected chi connectivity index (χ2v) is 7.69. The molecule has 2 bridgehead atoms. The Kier molecular flexibility index (Phi) is 4.72. The Labute approximate surface area is 153 Å². The minimum absolute atomic E-state index is 0.0422. The van der Waals surface area contributed by atoms with Gasteiger partial charge in [0.1, 0.15) is 6.04 Å². The first-order valence-electron chi connectivity index (χ1n) is 9.52. The highest BCUT2D eigenvalue weighted by atomic mass is 16.2. The van der Waals surface area contributed by atoms with Gasteiger partial charge in [-0.25, -0.2) is 0 Å². The molecule has 7 nitrogen and oxygen atoms in total. The van der Waals surface area contributed by atoms with Crippen LogP contribution >= 0.6 is 0 Å². The minimum Gasteiger partial charge on any atom is -0.351 e. The van der Waals surface area contributed by atoms with Gasteiger partial charge in [0.15, 0.2) is 0 Å². The summed E-state index contributed by atoms with van der Waals surface area (Å²) >= 11 is 0. The number of nitrogens with one attached hydrogen (secondary N) is 1. The molecule has 0 spiro atoms. The van der Waals surface area contributed by atoms with Crippen LogP contribution in [0.15, 0.2) is 30.3 Å². The van der Waals surface area contributed by atoms with Crippen molar-refractivity contribution in [3.63, 3.8) is 0 Å². The van der Waals surface area contributed by atoms with Crippen molar-refractivity contribution in [3.8, 4) is 11.4 Å². The summed E-state index contributed by atoms with van der Waals surface area (Å²) in [6.07, 6.45) is 5.58. The van der Waals surface area contributed by atoms with Crippen LogP contribution in [0.2, 0.25) is 0 Å². The molecule has 0 aliphatic heterocycles. The summed E-state index contributed by atoms with van der Waals surface area (Å²) in [6.45, 7) is 1.82. The van der Waals surface area contributed by atoms with Crippen molar-refractivity contribution in [1.82, 2.24) is 25.5 Å². The van der Waals surface area contributed by atoms with Gasteiger partial charge in [0.2, 0.25) is 11.7 Å². The van der Waals surface area contributed by atoms with Crippen molar-refractivity contribution in [1.29, 1.82) is 0 Å². The van der Waals surface area contributed by atoms with E-state index in [9.17, 15) is 4.79 Å². The molecule has 2 aliphatic carbocycles. The molecule has 2 aliphatic rings. The Morgan fingerprint density at radius 3 is 2.62 bits per heavy atom. The molecule has 0 saturated heterocycles. The lowest BCUT2D eigenvalue weighted by atomic mass is 9.67. The summed E-state index contributed by atoms with van der Waals surface area (Å²) in [5.41, 5.74) is 7.07. The molecule has 1 heterocycles. The van der Waals surface area contributed by atoms with Gasteiger partial charge in [-0.2, -0.15) is 4.80 Å². The number of benzene rings is 1. The van der Waals surface area contributed by atoms with Crippen LogP contribution in [0.1, 0.15) is 45.1 Å². The first-order chi connectivity index (χ1) is 12.6. The standard InChI is InChI=1S/C19H26N6O/c1-12(25-23-18(22-24-25)13-6-3-2-4-7-13)19(26)21-17-14-8-5-9-15(17)11-16(20)10-14/h2-4,6-7,12,14-17H,5,8-11,20H2,1H3,(H,21,26). The molecule has 1 amide bonds. The van der Waals surface area contributed by atoms with E-state index in [1.165, 1.54) is 11.2 Å². The van der Waals surface area contributed by atoms with E-state index < -0.39 is 6.04 Å². The lowest BCUT2D eigenvalue weighted by molar-refractivity contribution is -0.126. The summed E-state index contributed by atoms with van der Waals surface area (Å²) < 4.78 is 0. The van der Waals surface area contributed by atoms with Gasteiger partial charge in [0.25, 0.3) is 0 Å². The number of aromatic nitrogens is 4. The van der Waals surface area contributed by atoms with Gasteiger partial charge < -0.3 is 11.1 Å². The van der Waals surface area contributed by atoms with E-state index in [0.717, 1.165) is 31.2 Å². The maximum Gasteiger partial charge on any atom is 0.246 e. The number of nitrogens with two attached hydrogens (primary N) is 1. The number of nitrogens with zero attached hydrogens (tertiary/aromatic N) is 4. The van der Waals surface area contributed by atoms with Crippen LogP contribution < -0.4 is 11.1 Å². The maximum absolute atomic E-state index is 12.8. The number of amides is 1. The number of hydrogen-bond acceptors (Lipinski definition) is 5. The zero-order valence-corrected chi connectivity index (χ0v) is 15.1. The predicted octanol–water partition coefficient (Wildman–Crippen LogP) is 1.92. The second kappa shape index (κ2) is 7.15. The molecule has 1 aromatic carbocycles. The van der Waals surface area contributed by atoms with Crippen LogP contribution in [0.25, 0.3) is 11.4 Å². The fourth-order valence-electron chi connectivity index (χ4n) is 4.51. The largest absolute Gasteiger partial charge is 0.351 e. The third-order valence-corrected chi connectivity index (χ3v) is 5.87. The van der Waals surface area contributed by atoms with Crippen LogP contribution in [0.5, 0.6) is 0 Å². The van der Waals surface area contributed by atoms with Gasteiger partial charge >= 0.3 is 0 Å². The SMILES string of the molecule is CC(C(=O)NC1C2CCCC1CC(N)C2)n1nnc(-c2ccccc2)n1. The average Bonchev–Trinajstić information content (AvgIpc) is 3.12. The van der Waals surface area contributed by atoms with Crippen molar-refractivity contribution < 1.29 is 4.79 Å². The Balaban J connectivity index is 1.44. The molecule has 3 N–H and O–H groups in total. The van der Waals surface area contributed by atoms with Gasteiger partial charge in [-0.3, -0.25) is 4.79 Å². The third-order valence-electron chi connectivity index (χ3n) is 5.87. The highest BCUT2D eigenvalue weighted by molar-refractivity contribution is 5.80. The Morgan fingerprint density at radius 2 is 1.92 bits per heavy atom. The Bertz CT molecular complexity index is 746. The van der Waals surface area contributed by atoms with Crippen LogP contribution in [0.3, 0.4) is 0 Å². The lowest BCUT2D eigenvalue weighted by Crippen LogP contribution is -2.54. The summed E-state index contributed by atoms with van der Waals surface area (Å²) in [5, 5.41) is 15.8. The minimum atomic E-state index is -0.490. The molecular formula is C19H26N6O. The molecule has 4 rings (SSSR count). The van der Waals surface area contributed by atoms with E-state index >= 15 is 0 Å². The summed E-state index contributed by atoms with van der Waals surface area (Å²) in [7, 11) is 0. The number of fused-ring (bicyclic) bond motifs is 2. The lowest BCUT2D eigenvalue weighted by Gasteiger charge is -2.45. The Morgan fingerprint density at radius 1 is 1.23 bits per heavy atom. The molecule has 3 atom stereocenters. The second-order valence-electron chi connectivity index (χ2n) is 7.69. The van der Waals surface area contributed by atoms with Gasteiger partial charge in [-0.15, -0.1) is 10.2 Å². The predicted molar refractivity (Wildman–Crippen MR) is 97.9 cm³/mol. The number of tetrazole rings is 1. The molecule has 138 valence electrons. The molecule has 3 unspecified atom stereocenters. The molecule has 2 fully saturated rings. The average molecular weight is 354 g/mol. The molecule has 0 radical (unpaired) electrons. The molecular weight excluding hydrogens is 328 g/mol. The topological polar surface area (TPSA) is 98.7 Å². The summed E-state index contributed by atoms with van der Waals surface area (Å²) in [4.78, 5) is 14.2. The summed E-state index contributed by atoms with van der Waals surface area (Å²) in [5.74, 6) is 1.49. The molecule has 1 aromatic heterocycles. The fraction of sp³-hybridized carbons (Fsp3) is 0.579. The van der Waals surface area contributed by atoms with E-state index in [4.69, 9.17) is 5.73 Å². The van der Waals surface area contributed by atoms with Gasteiger partial charge in [0, 0.05) is 17.6 Å². The third kappa shape index (κ3) is 3.35. The van der Waals surface area contributed by atoms with Crippen molar-refractivity contribution in [2.75, 3.05) is 0 Å².